The van der Waals surface area contributed by atoms with Crippen molar-refractivity contribution in [1.29, 1.82) is 0 Å². The molecule has 2 unspecified atom stereocenters. The van der Waals surface area contributed by atoms with Crippen LogP contribution in [0.25, 0.3) is 0 Å². The quantitative estimate of drug-likeness (QED) is 0.831. The maximum absolute atomic E-state index is 11.8. The van der Waals surface area contributed by atoms with Crippen LogP contribution < -0.4 is 4.72 Å². The largest absolute Gasteiger partial charge is 0.391 e. The third-order valence-electron chi connectivity index (χ3n) is 2.51. The van der Waals surface area contributed by atoms with Gasteiger partial charge >= 0.3 is 0 Å². The van der Waals surface area contributed by atoms with Crippen molar-refractivity contribution in [3.05, 3.63) is 16.3 Å². The normalized spacial score (nSPS) is 25.5. The van der Waals surface area contributed by atoms with Crippen molar-refractivity contribution in [3.8, 4) is 0 Å². The van der Waals surface area contributed by atoms with Gasteiger partial charge in [-0.3, -0.25) is 0 Å². The van der Waals surface area contributed by atoms with E-state index in [1.165, 1.54) is 17.4 Å². The average molecular weight is 247 g/mol. The first-order valence-corrected chi connectivity index (χ1v) is 7.10. The molecule has 0 bridgehead atoms. The van der Waals surface area contributed by atoms with Crippen LogP contribution in [0.5, 0.6) is 0 Å². The second-order valence-corrected chi connectivity index (χ2v) is 6.56. The van der Waals surface area contributed by atoms with Crippen LogP contribution in [0.15, 0.2) is 16.3 Å². The molecule has 0 aromatic carbocycles. The summed E-state index contributed by atoms with van der Waals surface area (Å²) in [6.45, 7) is 1.90. The molecule has 84 valence electrons. The Labute approximate surface area is 93.0 Å². The van der Waals surface area contributed by atoms with Crippen molar-refractivity contribution in [3.63, 3.8) is 0 Å². The standard InChI is InChI=1S/C9H13NO3S2/c1-6-2-9(6)10-15(12,13)8-3-7(4-11)14-5-8/h3,5-6,9-11H,2,4H2,1H3. The van der Waals surface area contributed by atoms with Gasteiger partial charge in [-0.05, 0) is 18.4 Å². The molecule has 15 heavy (non-hydrogen) atoms. The Bertz CT molecular complexity index is 452. The van der Waals surface area contributed by atoms with Crippen molar-refractivity contribution >= 4 is 21.4 Å². The van der Waals surface area contributed by atoms with Crippen molar-refractivity contribution in [2.75, 3.05) is 0 Å². The summed E-state index contributed by atoms with van der Waals surface area (Å²) in [6.07, 6.45) is 0.913. The van der Waals surface area contributed by atoms with Crippen LogP contribution in [-0.2, 0) is 16.6 Å². The molecule has 1 aromatic heterocycles. The smallest absolute Gasteiger partial charge is 0.241 e. The van der Waals surface area contributed by atoms with Gasteiger partial charge in [-0.15, -0.1) is 11.3 Å². The Morgan fingerprint density at radius 3 is 2.80 bits per heavy atom. The molecule has 1 aromatic rings. The summed E-state index contributed by atoms with van der Waals surface area (Å²) in [6, 6.07) is 1.60. The van der Waals surface area contributed by atoms with Gasteiger partial charge in [0.2, 0.25) is 10.0 Å². The lowest BCUT2D eigenvalue weighted by atomic mass is 10.5. The van der Waals surface area contributed by atoms with E-state index in [2.05, 4.69) is 4.72 Å². The van der Waals surface area contributed by atoms with Gasteiger partial charge in [0.05, 0.1) is 11.5 Å². The molecule has 1 saturated carbocycles. The number of sulfonamides is 1. The Morgan fingerprint density at radius 1 is 1.67 bits per heavy atom. The summed E-state index contributed by atoms with van der Waals surface area (Å²) in [5, 5.41) is 10.4. The van der Waals surface area contributed by atoms with E-state index in [1.807, 2.05) is 6.92 Å². The van der Waals surface area contributed by atoms with E-state index in [4.69, 9.17) is 5.11 Å². The molecule has 4 nitrogen and oxygen atoms in total. The second-order valence-electron chi connectivity index (χ2n) is 3.85. The fourth-order valence-corrected chi connectivity index (χ4v) is 3.83. The highest BCUT2D eigenvalue weighted by Crippen LogP contribution is 2.31. The lowest BCUT2D eigenvalue weighted by Gasteiger charge is -2.02. The Balaban J connectivity index is 2.14. The summed E-state index contributed by atoms with van der Waals surface area (Å²) >= 11 is 1.26. The number of hydrogen-bond acceptors (Lipinski definition) is 4. The number of aliphatic hydroxyl groups is 1. The van der Waals surface area contributed by atoms with Gasteiger partial charge in [0.1, 0.15) is 0 Å². The summed E-state index contributed by atoms with van der Waals surface area (Å²) in [7, 11) is -3.37. The van der Waals surface area contributed by atoms with Crippen LogP contribution in [-0.4, -0.2) is 19.6 Å². The molecule has 2 atom stereocenters. The maximum atomic E-state index is 11.8. The van der Waals surface area contributed by atoms with Gasteiger partial charge in [-0.1, -0.05) is 6.92 Å². The van der Waals surface area contributed by atoms with Gasteiger partial charge in [0.25, 0.3) is 0 Å². The van der Waals surface area contributed by atoms with E-state index in [1.54, 1.807) is 5.38 Å². The molecule has 1 heterocycles. The highest BCUT2D eigenvalue weighted by atomic mass is 32.2. The molecule has 0 spiro atoms. The molecule has 1 aliphatic carbocycles. The molecule has 0 aliphatic heterocycles. The lowest BCUT2D eigenvalue weighted by Crippen LogP contribution is -2.26. The molecule has 2 N–H and O–H groups in total. The summed E-state index contributed by atoms with van der Waals surface area (Å²) < 4.78 is 26.2. The van der Waals surface area contributed by atoms with Crippen LogP contribution in [0.3, 0.4) is 0 Å². The van der Waals surface area contributed by atoms with Crippen molar-refractivity contribution in [2.24, 2.45) is 5.92 Å². The van der Waals surface area contributed by atoms with Crippen LogP contribution in [0, 0.1) is 5.92 Å². The Morgan fingerprint density at radius 2 is 2.33 bits per heavy atom. The molecule has 2 rings (SSSR count). The first-order chi connectivity index (χ1) is 7.03. The minimum absolute atomic E-state index is 0.0903. The van der Waals surface area contributed by atoms with E-state index in [9.17, 15) is 8.42 Å². The lowest BCUT2D eigenvalue weighted by molar-refractivity contribution is 0.285. The highest BCUT2D eigenvalue weighted by molar-refractivity contribution is 7.89. The first kappa shape index (κ1) is 11.1. The van der Waals surface area contributed by atoms with E-state index >= 15 is 0 Å². The van der Waals surface area contributed by atoms with E-state index in [-0.39, 0.29) is 17.5 Å². The van der Waals surface area contributed by atoms with Gasteiger partial charge in [0.15, 0.2) is 0 Å². The number of nitrogens with one attached hydrogen (secondary N) is 1. The molecule has 0 amide bonds. The third-order valence-corrected chi connectivity index (χ3v) is 5.05. The van der Waals surface area contributed by atoms with Gasteiger partial charge in [-0.25, -0.2) is 13.1 Å². The average Bonchev–Trinajstić information content (AvgIpc) is 2.72. The molecular formula is C9H13NO3S2. The number of thiophene rings is 1. The second kappa shape index (κ2) is 3.86. The van der Waals surface area contributed by atoms with Crippen molar-refractivity contribution in [1.82, 2.24) is 4.72 Å². The fourth-order valence-electron chi connectivity index (χ4n) is 1.34. The van der Waals surface area contributed by atoms with E-state index in [0.29, 0.717) is 10.8 Å². The van der Waals surface area contributed by atoms with E-state index < -0.39 is 10.0 Å². The summed E-state index contributed by atoms with van der Waals surface area (Å²) in [4.78, 5) is 0.926. The Kier molecular flexibility index (Phi) is 2.85. The highest BCUT2D eigenvalue weighted by Gasteiger charge is 2.36. The number of rotatable bonds is 4. The molecule has 0 radical (unpaired) electrons. The fraction of sp³-hybridized carbons (Fsp3) is 0.556. The zero-order valence-electron chi connectivity index (χ0n) is 8.30. The molecular weight excluding hydrogens is 234 g/mol. The van der Waals surface area contributed by atoms with Crippen molar-refractivity contribution < 1.29 is 13.5 Å². The maximum Gasteiger partial charge on any atom is 0.241 e. The minimum atomic E-state index is -3.37. The predicted octanol–water partition coefficient (Wildman–Crippen LogP) is 0.927. The molecule has 1 aliphatic rings. The molecule has 6 heteroatoms. The zero-order valence-corrected chi connectivity index (χ0v) is 9.94. The molecule has 0 saturated heterocycles. The Hall–Kier alpha value is -0.430. The van der Waals surface area contributed by atoms with Crippen molar-refractivity contribution in [2.45, 2.75) is 30.9 Å². The minimum Gasteiger partial charge on any atom is -0.391 e. The molecule has 1 fully saturated rings. The number of hydrogen-bond donors (Lipinski definition) is 2. The predicted molar refractivity (Wildman–Crippen MR) is 58.1 cm³/mol. The van der Waals surface area contributed by atoms with Gasteiger partial charge in [-0.2, -0.15) is 0 Å². The monoisotopic (exact) mass is 247 g/mol. The van der Waals surface area contributed by atoms with Gasteiger partial charge < -0.3 is 5.11 Å². The van der Waals surface area contributed by atoms with Crippen LogP contribution in [0.2, 0.25) is 0 Å². The van der Waals surface area contributed by atoms with Crippen LogP contribution in [0.1, 0.15) is 18.2 Å². The first-order valence-electron chi connectivity index (χ1n) is 4.73. The number of aliphatic hydroxyl groups excluding tert-OH is 1. The van der Waals surface area contributed by atoms with Gasteiger partial charge in [0, 0.05) is 16.3 Å². The van der Waals surface area contributed by atoms with Crippen LogP contribution >= 0.6 is 11.3 Å². The summed E-state index contributed by atoms with van der Waals surface area (Å²) in [5.74, 6) is 0.440. The van der Waals surface area contributed by atoms with Crippen LogP contribution in [0.4, 0.5) is 0 Å². The topological polar surface area (TPSA) is 66.4 Å². The third kappa shape index (κ3) is 2.39. The SMILES string of the molecule is CC1CC1NS(=O)(=O)c1csc(CO)c1. The summed E-state index contributed by atoms with van der Waals surface area (Å²) in [5.41, 5.74) is 0. The zero-order chi connectivity index (χ0) is 11.1. The van der Waals surface area contributed by atoms with E-state index in [0.717, 1.165) is 6.42 Å².